The van der Waals surface area contributed by atoms with E-state index in [2.05, 4.69) is 20.8 Å². The van der Waals surface area contributed by atoms with Crippen LogP contribution in [0.25, 0.3) is 33.9 Å². The maximum absolute atomic E-state index is 12.5. The van der Waals surface area contributed by atoms with Gasteiger partial charge >= 0.3 is 11.9 Å². The second-order valence-corrected chi connectivity index (χ2v) is 10.8. The van der Waals surface area contributed by atoms with Crippen molar-refractivity contribution in [3.05, 3.63) is 88.8 Å². The second-order valence-electron chi connectivity index (χ2n) is 10.8. The summed E-state index contributed by atoms with van der Waals surface area (Å²) in [6.45, 7) is 8.69. The van der Waals surface area contributed by atoms with Gasteiger partial charge in [0.05, 0.1) is 28.9 Å². The molecule has 1 aliphatic rings. The Bertz CT molecular complexity index is 1550. The molecule has 0 radical (unpaired) electrons. The molecule has 38 heavy (non-hydrogen) atoms. The van der Waals surface area contributed by atoms with Crippen LogP contribution in [0.15, 0.2) is 65.1 Å². The van der Waals surface area contributed by atoms with E-state index in [9.17, 15) is 14.7 Å². The molecule has 1 N–H and O–H groups in total. The van der Waals surface area contributed by atoms with Gasteiger partial charge < -0.3 is 14.3 Å². The molecule has 6 heteroatoms. The molecule has 6 nitrogen and oxygen atoms in total. The summed E-state index contributed by atoms with van der Waals surface area (Å²) in [7, 11) is 0. The van der Waals surface area contributed by atoms with Gasteiger partial charge in [-0.05, 0) is 78.6 Å². The largest absolute Gasteiger partial charge is 0.478 e. The van der Waals surface area contributed by atoms with Crippen LogP contribution in [0.4, 0.5) is 0 Å². The van der Waals surface area contributed by atoms with Gasteiger partial charge in [0.1, 0.15) is 11.5 Å². The summed E-state index contributed by atoms with van der Waals surface area (Å²) in [5.74, 6) is 0.298. The summed E-state index contributed by atoms with van der Waals surface area (Å²) >= 11 is 0. The molecule has 0 saturated heterocycles. The summed E-state index contributed by atoms with van der Waals surface area (Å²) in [5, 5.41) is 10.9. The van der Waals surface area contributed by atoms with Gasteiger partial charge in [0.25, 0.3) is 0 Å². The number of ether oxygens (including phenoxy) is 1. The number of benzene rings is 2. The van der Waals surface area contributed by atoms with Gasteiger partial charge in [0.2, 0.25) is 0 Å². The number of aromatic carboxylic acids is 1. The molecular formula is C32H31NO5. The average molecular weight is 510 g/mol. The number of aromatic nitrogens is 1. The molecule has 4 aromatic rings. The molecule has 5 rings (SSSR count). The fourth-order valence-corrected chi connectivity index (χ4v) is 5.12. The number of allylic oxidation sites excluding steroid dienone is 1. The molecule has 1 unspecified atom stereocenters. The van der Waals surface area contributed by atoms with Gasteiger partial charge in [0.15, 0.2) is 0 Å². The minimum absolute atomic E-state index is 0.0206. The standard InChI is InChI=1S/C32H31NO5/c1-5-37-31(36)20-12-10-19(11-13-20)27-15-14-23(38-27)17-21-16-22(32(2,3)4)18-25-28(30(34)35)24-8-6-7-9-26(24)33-29(21)25/h6-15,17,22H,5,16,18H2,1-4H3,(H,34,35). The van der Waals surface area contributed by atoms with Crippen LogP contribution < -0.4 is 0 Å². The number of carbonyl (C=O) groups is 2. The molecule has 0 bridgehead atoms. The summed E-state index contributed by atoms with van der Waals surface area (Å²) in [4.78, 5) is 29.4. The molecular weight excluding hydrogens is 478 g/mol. The minimum Gasteiger partial charge on any atom is -0.478 e. The number of carboxylic acids is 1. The summed E-state index contributed by atoms with van der Waals surface area (Å²) < 4.78 is 11.2. The van der Waals surface area contributed by atoms with E-state index < -0.39 is 5.97 Å². The van der Waals surface area contributed by atoms with Crippen molar-refractivity contribution in [1.29, 1.82) is 0 Å². The highest BCUT2D eigenvalue weighted by atomic mass is 16.5. The normalized spacial score (nSPS) is 16.4. The number of carboxylic acid groups (broad SMARTS) is 1. The SMILES string of the molecule is CCOC(=O)c1ccc(-c2ccc(C=C3CC(C(C)(C)C)Cc4c3nc3ccccc3c4C(=O)O)o2)cc1. The fraction of sp³-hybridized carbons (Fsp3) is 0.281. The van der Waals surface area contributed by atoms with Crippen LogP contribution in [0.3, 0.4) is 0 Å². The lowest BCUT2D eigenvalue weighted by Gasteiger charge is -2.36. The second kappa shape index (κ2) is 9.93. The summed E-state index contributed by atoms with van der Waals surface area (Å²) in [6, 6.07) is 18.3. The Morgan fingerprint density at radius 2 is 1.79 bits per heavy atom. The van der Waals surface area contributed by atoms with Gasteiger partial charge in [-0.15, -0.1) is 0 Å². The van der Waals surface area contributed by atoms with E-state index in [4.69, 9.17) is 14.1 Å². The molecule has 0 fully saturated rings. The fourth-order valence-electron chi connectivity index (χ4n) is 5.12. The number of nitrogens with zero attached hydrogens (tertiary/aromatic N) is 1. The Balaban J connectivity index is 1.57. The van der Waals surface area contributed by atoms with Gasteiger partial charge in [-0.1, -0.05) is 51.1 Å². The number of rotatable bonds is 5. The average Bonchev–Trinajstić information content (AvgIpc) is 3.35. The first-order valence-corrected chi connectivity index (χ1v) is 12.9. The van der Waals surface area contributed by atoms with Crippen LogP contribution in [0.1, 0.15) is 71.8 Å². The highest BCUT2D eigenvalue weighted by Crippen LogP contribution is 2.45. The Morgan fingerprint density at radius 1 is 1.05 bits per heavy atom. The predicted molar refractivity (Wildman–Crippen MR) is 148 cm³/mol. The van der Waals surface area contributed by atoms with Crippen LogP contribution in [0.2, 0.25) is 0 Å². The number of fused-ring (bicyclic) bond motifs is 2. The maximum Gasteiger partial charge on any atom is 0.338 e. The zero-order chi connectivity index (χ0) is 27.0. The molecule has 2 heterocycles. The molecule has 0 saturated carbocycles. The lowest BCUT2D eigenvalue weighted by molar-refractivity contribution is 0.0525. The monoisotopic (exact) mass is 509 g/mol. The smallest absolute Gasteiger partial charge is 0.338 e. The number of carbonyl (C=O) groups excluding carboxylic acids is 1. The third-order valence-electron chi connectivity index (χ3n) is 7.28. The molecule has 1 aliphatic carbocycles. The van der Waals surface area contributed by atoms with Crippen LogP contribution >= 0.6 is 0 Å². The third-order valence-corrected chi connectivity index (χ3v) is 7.28. The quantitative estimate of drug-likeness (QED) is 0.280. The Hall–Kier alpha value is -4.19. The van der Waals surface area contributed by atoms with Gasteiger partial charge in [-0.2, -0.15) is 0 Å². The highest BCUT2D eigenvalue weighted by molar-refractivity contribution is 6.06. The van der Waals surface area contributed by atoms with Crippen molar-refractivity contribution >= 4 is 34.5 Å². The van der Waals surface area contributed by atoms with Crippen LogP contribution in [-0.2, 0) is 11.2 Å². The molecule has 0 aliphatic heterocycles. The molecule has 194 valence electrons. The van der Waals surface area contributed by atoms with E-state index in [1.54, 1.807) is 19.1 Å². The summed E-state index contributed by atoms with van der Waals surface area (Å²) in [6.07, 6.45) is 3.41. The Kier molecular flexibility index (Phi) is 6.66. The highest BCUT2D eigenvalue weighted by Gasteiger charge is 2.35. The van der Waals surface area contributed by atoms with Crippen molar-refractivity contribution < 1.29 is 23.8 Å². The van der Waals surface area contributed by atoms with Crippen molar-refractivity contribution in [3.8, 4) is 11.3 Å². The molecule has 0 amide bonds. The van der Waals surface area contributed by atoms with Crippen LogP contribution in [-0.4, -0.2) is 28.6 Å². The van der Waals surface area contributed by atoms with Crippen LogP contribution in [0.5, 0.6) is 0 Å². The van der Waals surface area contributed by atoms with Gasteiger partial charge in [-0.3, -0.25) is 0 Å². The van der Waals surface area contributed by atoms with E-state index in [1.807, 2.05) is 54.6 Å². The number of para-hydroxylation sites is 1. The van der Waals surface area contributed by atoms with Crippen LogP contribution in [0, 0.1) is 11.3 Å². The first-order chi connectivity index (χ1) is 18.2. The zero-order valence-electron chi connectivity index (χ0n) is 22.1. The number of furan rings is 1. The van der Waals surface area contributed by atoms with E-state index in [0.717, 1.165) is 28.8 Å². The van der Waals surface area contributed by atoms with E-state index >= 15 is 0 Å². The summed E-state index contributed by atoms with van der Waals surface area (Å²) in [5.41, 5.74) is 4.82. The zero-order valence-corrected chi connectivity index (χ0v) is 22.1. The third kappa shape index (κ3) is 4.86. The number of esters is 1. The van der Waals surface area contributed by atoms with Crippen molar-refractivity contribution in [3.63, 3.8) is 0 Å². The van der Waals surface area contributed by atoms with Gasteiger partial charge in [0, 0.05) is 10.9 Å². The van der Waals surface area contributed by atoms with Crippen molar-refractivity contribution in [2.75, 3.05) is 6.61 Å². The Morgan fingerprint density at radius 3 is 2.47 bits per heavy atom. The predicted octanol–water partition coefficient (Wildman–Crippen LogP) is 7.52. The first-order valence-electron chi connectivity index (χ1n) is 12.9. The molecule has 2 aromatic carbocycles. The minimum atomic E-state index is -0.930. The first kappa shape index (κ1) is 25.5. The molecule has 2 aromatic heterocycles. The lowest BCUT2D eigenvalue weighted by atomic mass is 9.69. The maximum atomic E-state index is 12.5. The Labute approximate surface area is 222 Å². The van der Waals surface area contributed by atoms with E-state index in [1.165, 1.54) is 0 Å². The number of hydrogen-bond donors (Lipinski definition) is 1. The topological polar surface area (TPSA) is 89.6 Å². The molecule has 0 spiro atoms. The lowest BCUT2D eigenvalue weighted by Crippen LogP contribution is -2.28. The van der Waals surface area contributed by atoms with Crippen molar-refractivity contribution in [2.24, 2.45) is 11.3 Å². The van der Waals surface area contributed by atoms with Gasteiger partial charge in [-0.25, -0.2) is 14.6 Å². The van der Waals surface area contributed by atoms with E-state index in [0.29, 0.717) is 46.6 Å². The number of hydrogen-bond acceptors (Lipinski definition) is 5. The van der Waals surface area contributed by atoms with E-state index in [-0.39, 0.29) is 17.3 Å². The molecule has 1 atom stereocenters. The van der Waals surface area contributed by atoms with Crippen molar-refractivity contribution in [1.82, 2.24) is 4.98 Å². The van der Waals surface area contributed by atoms with Crippen molar-refractivity contribution in [2.45, 2.75) is 40.5 Å². The number of pyridine rings is 1.